The first kappa shape index (κ1) is 12.9. The van der Waals surface area contributed by atoms with Gasteiger partial charge in [0.15, 0.2) is 0 Å². The standard InChI is InChI=1S/C10H18O4/c1-7(2)5-8(6-10(13)14)3-4-9(11)12/h7-8H,3-6H2,1-2H3,(H,11,12)(H,13,14). The van der Waals surface area contributed by atoms with E-state index >= 15 is 0 Å². The molecular formula is C10H18O4. The van der Waals surface area contributed by atoms with Gasteiger partial charge in [0.2, 0.25) is 0 Å². The van der Waals surface area contributed by atoms with Crippen LogP contribution in [-0.2, 0) is 9.59 Å². The molecule has 0 fully saturated rings. The van der Waals surface area contributed by atoms with Gasteiger partial charge in [-0.25, -0.2) is 0 Å². The van der Waals surface area contributed by atoms with E-state index in [4.69, 9.17) is 10.2 Å². The van der Waals surface area contributed by atoms with E-state index < -0.39 is 11.9 Å². The Morgan fingerprint density at radius 3 is 2.07 bits per heavy atom. The minimum atomic E-state index is -0.857. The maximum atomic E-state index is 10.5. The smallest absolute Gasteiger partial charge is 0.303 e. The van der Waals surface area contributed by atoms with Crippen molar-refractivity contribution >= 4 is 11.9 Å². The van der Waals surface area contributed by atoms with Gasteiger partial charge in [0.25, 0.3) is 0 Å². The Bertz CT molecular complexity index is 198. The van der Waals surface area contributed by atoms with Gasteiger partial charge in [0.05, 0.1) is 0 Å². The van der Waals surface area contributed by atoms with Gasteiger partial charge in [0, 0.05) is 12.8 Å². The van der Waals surface area contributed by atoms with Crippen molar-refractivity contribution in [3.8, 4) is 0 Å². The second-order valence-corrected chi connectivity index (χ2v) is 4.03. The molecule has 0 aromatic rings. The van der Waals surface area contributed by atoms with Crippen molar-refractivity contribution in [2.75, 3.05) is 0 Å². The number of carboxylic acids is 2. The summed E-state index contributed by atoms with van der Waals surface area (Å²) in [6.45, 7) is 4.02. The van der Waals surface area contributed by atoms with Crippen LogP contribution in [0.25, 0.3) is 0 Å². The molecular weight excluding hydrogens is 184 g/mol. The van der Waals surface area contributed by atoms with Crippen molar-refractivity contribution in [3.63, 3.8) is 0 Å². The summed E-state index contributed by atoms with van der Waals surface area (Å²) in [4.78, 5) is 20.8. The van der Waals surface area contributed by atoms with Crippen LogP contribution in [0.2, 0.25) is 0 Å². The summed E-state index contributed by atoms with van der Waals surface area (Å²) < 4.78 is 0. The maximum absolute atomic E-state index is 10.5. The number of hydrogen-bond acceptors (Lipinski definition) is 2. The molecule has 82 valence electrons. The zero-order chi connectivity index (χ0) is 11.1. The Labute approximate surface area is 83.9 Å². The van der Waals surface area contributed by atoms with Crippen molar-refractivity contribution in [1.29, 1.82) is 0 Å². The molecule has 2 N–H and O–H groups in total. The molecule has 0 aliphatic heterocycles. The Morgan fingerprint density at radius 2 is 1.71 bits per heavy atom. The first-order valence-electron chi connectivity index (χ1n) is 4.85. The minimum absolute atomic E-state index is 0.0106. The number of carbonyl (C=O) groups is 2. The highest BCUT2D eigenvalue weighted by atomic mass is 16.4. The van der Waals surface area contributed by atoms with Crippen LogP contribution in [-0.4, -0.2) is 22.2 Å². The highest BCUT2D eigenvalue weighted by Crippen LogP contribution is 2.20. The van der Waals surface area contributed by atoms with E-state index in [2.05, 4.69) is 0 Å². The fraction of sp³-hybridized carbons (Fsp3) is 0.800. The van der Waals surface area contributed by atoms with Crippen LogP contribution >= 0.6 is 0 Å². The molecule has 0 radical (unpaired) electrons. The third-order valence-electron chi connectivity index (χ3n) is 2.03. The van der Waals surface area contributed by atoms with Crippen LogP contribution in [0.3, 0.4) is 0 Å². The van der Waals surface area contributed by atoms with Crippen molar-refractivity contribution < 1.29 is 19.8 Å². The van der Waals surface area contributed by atoms with Gasteiger partial charge in [-0.3, -0.25) is 9.59 Å². The van der Waals surface area contributed by atoms with E-state index in [9.17, 15) is 9.59 Å². The second-order valence-electron chi connectivity index (χ2n) is 4.03. The molecule has 14 heavy (non-hydrogen) atoms. The molecule has 0 aromatic carbocycles. The zero-order valence-electron chi connectivity index (χ0n) is 8.69. The summed E-state index contributed by atoms with van der Waals surface area (Å²) in [6, 6.07) is 0. The molecule has 0 aliphatic rings. The first-order valence-corrected chi connectivity index (χ1v) is 4.85. The number of rotatable bonds is 7. The zero-order valence-corrected chi connectivity index (χ0v) is 8.69. The summed E-state index contributed by atoms with van der Waals surface area (Å²) in [5.74, 6) is -1.30. The van der Waals surface area contributed by atoms with Gasteiger partial charge in [-0.05, 0) is 24.7 Å². The lowest BCUT2D eigenvalue weighted by molar-refractivity contribution is -0.140. The largest absolute Gasteiger partial charge is 0.481 e. The first-order chi connectivity index (χ1) is 6.41. The Balaban J connectivity index is 3.96. The van der Waals surface area contributed by atoms with E-state index in [0.29, 0.717) is 12.3 Å². The van der Waals surface area contributed by atoms with Crippen LogP contribution < -0.4 is 0 Å². The highest BCUT2D eigenvalue weighted by molar-refractivity contribution is 5.68. The molecule has 0 bridgehead atoms. The van der Waals surface area contributed by atoms with Crippen molar-refractivity contribution in [3.05, 3.63) is 0 Å². The summed E-state index contributed by atoms with van der Waals surface area (Å²) in [7, 11) is 0. The number of carboxylic acid groups (broad SMARTS) is 2. The topological polar surface area (TPSA) is 74.6 Å². The van der Waals surface area contributed by atoms with Crippen LogP contribution in [0.15, 0.2) is 0 Å². The van der Waals surface area contributed by atoms with E-state index in [0.717, 1.165) is 6.42 Å². The molecule has 0 aliphatic carbocycles. The average Bonchev–Trinajstić information content (AvgIpc) is 1.97. The summed E-state index contributed by atoms with van der Waals surface area (Å²) in [6.07, 6.45) is 1.37. The maximum Gasteiger partial charge on any atom is 0.303 e. The van der Waals surface area contributed by atoms with E-state index in [1.165, 1.54) is 0 Å². The fourth-order valence-electron chi connectivity index (χ4n) is 1.54. The summed E-state index contributed by atoms with van der Waals surface area (Å²) >= 11 is 0. The SMILES string of the molecule is CC(C)CC(CCC(=O)O)CC(=O)O. The van der Waals surface area contributed by atoms with Crippen LogP contribution in [0.4, 0.5) is 0 Å². The lowest BCUT2D eigenvalue weighted by Gasteiger charge is -2.15. The van der Waals surface area contributed by atoms with Gasteiger partial charge >= 0.3 is 11.9 Å². The van der Waals surface area contributed by atoms with E-state index in [1.54, 1.807) is 0 Å². The second kappa shape index (κ2) is 6.40. The van der Waals surface area contributed by atoms with Crippen LogP contribution in [0.5, 0.6) is 0 Å². The Kier molecular flexibility index (Phi) is 5.92. The van der Waals surface area contributed by atoms with Crippen molar-refractivity contribution in [2.24, 2.45) is 11.8 Å². The number of hydrogen-bond donors (Lipinski definition) is 2. The van der Waals surface area contributed by atoms with Gasteiger partial charge < -0.3 is 10.2 Å². The van der Waals surface area contributed by atoms with E-state index in [1.807, 2.05) is 13.8 Å². The monoisotopic (exact) mass is 202 g/mol. The third kappa shape index (κ3) is 7.58. The predicted octanol–water partition coefficient (Wildman–Crippen LogP) is 1.99. The predicted molar refractivity (Wildman–Crippen MR) is 52.1 cm³/mol. The molecule has 0 saturated carbocycles. The van der Waals surface area contributed by atoms with Gasteiger partial charge in [-0.1, -0.05) is 13.8 Å². The summed E-state index contributed by atoms with van der Waals surface area (Å²) in [5, 5.41) is 17.1. The molecule has 0 heterocycles. The molecule has 4 nitrogen and oxygen atoms in total. The molecule has 0 spiro atoms. The molecule has 1 unspecified atom stereocenters. The fourth-order valence-corrected chi connectivity index (χ4v) is 1.54. The Morgan fingerprint density at radius 1 is 1.14 bits per heavy atom. The van der Waals surface area contributed by atoms with Gasteiger partial charge in [0.1, 0.15) is 0 Å². The average molecular weight is 202 g/mol. The van der Waals surface area contributed by atoms with Crippen molar-refractivity contribution in [1.82, 2.24) is 0 Å². The highest BCUT2D eigenvalue weighted by Gasteiger charge is 2.15. The third-order valence-corrected chi connectivity index (χ3v) is 2.03. The van der Waals surface area contributed by atoms with Crippen molar-refractivity contribution in [2.45, 2.75) is 39.5 Å². The van der Waals surface area contributed by atoms with Crippen LogP contribution in [0.1, 0.15) is 39.5 Å². The van der Waals surface area contributed by atoms with Gasteiger partial charge in [-0.2, -0.15) is 0 Å². The lowest BCUT2D eigenvalue weighted by atomic mass is 9.90. The quantitative estimate of drug-likeness (QED) is 0.662. The Hall–Kier alpha value is -1.06. The molecule has 0 saturated heterocycles. The molecule has 4 heteroatoms. The van der Waals surface area contributed by atoms with E-state index in [-0.39, 0.29) is 18.8 Å². The summed E-state index contributed by atoms with van der Waals surface area (Å²) in [5.41, 5.74) is 0. The lowest BCUT2D eigenvalue weighted by Crippen LogP contribution is -2.12. The van der Waals surface area contributed by atoms with Crippen LogP contribution in [0, 0.1) is 11.8 Å². The minimum Gasteiger partial charge on any atom is -0.481 e. The molecule has 1 atom stereocenters. The van der Waals surface area contributed by atoms with Gasteiger partial charge in [-0.15, -0.1) is 0 Å². The molecule has 0 rings (SSSR count). The number of aliphatic carboxylic acids is 2. The molecule has 0 aromatic heterocycles. The normalized spacial score (nSPS) is 12.8. The molecule has 0 amide bonds.